The van der Waals surface area contributed by atoms with Crippen LogP contribution in [0.5, 0.6) is 0 Å². The minimum atomic E-state index is -0.217. The van der Waals surface area contributed by atoms with E-state index in [0.29, 0.717) is 0 Å². The van der Waals surface area contributed by atoms with Crippen molar-refractivity contribution in [2.75, 3.05) is 66.0 Å². The molecule has 0 bridgehead atoms. The Hall–Kier alpha value is -1.70. The van der Waals surface area contributed by atoms with Gasteiger partial charge in [-0.3, -0.25) is 4.99 Å². The molecule has 2 heterocycles. The van der Waals surface area contributed by atoms with E-state index < -0.39 is 0 Å². The van der Waals surface area contributed by atoms with Crippen molar-refractivity contribution in [3.63, 3.8) is 0 Å². The molecule has 30 heavy (non-hydrogen) atoms. The molecule has 3 rings (SSSR count). The van der Waals surface area contributed by atoms with Gasteiger partial charge in [-0.25, -0.2) is 4.39 Å². The molecule has 2 atom stereocenters. The Labute approximate surface area is 181 Å². The normalized spacial score (nSPS) is 24.7. The van der Waals surface area contributed by atoms with E-state index >= 15 is 0 Å². The van der Waals surface area contributed by atoms with Crippen molar-refractivity contribution in [1.29, 1.82) is 0 Å². The number of benzene rings is 1. The zero-order chi connectivity index (χ0) is 21.3. The lowest BCUT2D eigenvalue weighted by atomic mass is 10.1. The third-order valence-electron chi connectivity index (χ3n) is 5.84. The van der Waals surface area contributed by atoms with Gasteiger partial charge in [-0.15, -0.1) is 0 Å². The van der Waals surface area contributed by atoms with Crippen LogP contribution in [0.4, 0.5) is 4.39 Å². The van der Waals surface area contributed by atoms with Crippen LogP contribution in [0.3, 0.4) is 0 Å². The maximum absolute atomic E-state index is 13.3. The second-order valence-electron chi connectivity index (χ2n) is 8.48. The second-order valence-corrected chi connectivity index (χ2v) is 8.48. The number of nitrogens with zero attached hydrogens (tertiary/aromatic N) is 4. The number of hydrogen-bond acceptors (Lipinski definition) is 4. The molecule has 2 aliphatic heterocycles. The fourth-order valence-corrected chi connectivity index (χ4v) is 4.21. The lowest BCUT2D eigenvalue weighted by Gasteiger charge is -2.38. The van der Waals surface area contributed by atoms with Gasteiger partial charge < -0.3 is 24.8 Å². The molecule has 0 saturated carbocycles. The fraction of sp³-hybridized carbons (Fsp3) is 0.696. The number of halogens is 1. The van der Waals surface area contributed by atoms with Crippen molar-refractivity contribution >= 4 is 5.96 Å². The lowest BCUT2D eigenvalue weighted by molar-refractivity contribution is -0.0605. The van der Waals surface area contributed by atoms with Crippen LogP contribution in [-0.4, -0.2) is 92.7 Å². The third-order valence-corrected chi connectivity index (χ3v) is 5.84. The Balaban J connectivity index is 1.56. The van der Waals surface area contributed by atoms with Crippen molar-refractivity contribution in [2.45, 2.75) is 38.9 Å². The maximum Gasteiger partial charge on any atom is 0.194 e. The van der Waals surface area contributed by atoms with E-state index in [4.69, 9.17) is 9.73 Å². The summed E-state index contributed by atoms with van der Waals surface area (Å²) in [7, 11) is 2.21. The molecule has 0 aromatic heterocycles. The average Bonchev–Trinajstić information content (AvgIpc) is 2.94. The Kier molecular flexibility index (Phi) is 8.90. The summed E-state index contributed by atoms with van der Waals surface area (Å²) >= 11 is 0. The minimum Gasteiger partial charge on any atom is -0.367 e. The minimum absolute atomic E-state index is 0.0766. The summed E-state index contributed by atoms with van der Waals surface area (Å²) in [5.41, 5.74) is 1.01. The first-order chi connectivity index (χ1) is 14.5. The predicted octanol–water partition coefficient (Wildman–Crippen LogP) is 2.58. The molecule has 0 aliphatic carbocycles. The number of hydrogen-bond donors (Lipinski definition) is 1. The van der Waals surface area contributed by atoms with Crippen LogP contribution in [0.15, 0.2) is 29.3 Å². The van der Waals surface area contributed by atoms with Gasteiger partial charge in [0.05, 0.1) is 12.6 Å². The first-order valence-electron chi connectivity index (χ1n) is 11.4. The molecule has 0 amide bonds. The van der Waals surface area contributed by atoms with Gasteiger partial charge in [0.2, 0.25) is 0 Å². The van der Waals surface area contributed by atoms with Crippen molar-refractivity contribution in [3.05, 3.63) is 35.6 Å². The van der Waals surface area contributed by atoms with Crippen molar-refractivity contribution < 1.29 is 9.13 Å². The molecule has 168 valence electrons. The summed E-state index contributed by atoms with van der Waals surface area (Å²) in [5, 5.41) is 3.45. The van der Waals surface area contributed by atoms with Crippen LogP contribution in [0.1, 0.15) is 38.4 Å². The summed E-state index contributed by atoms with van der Waals surface area (Å²) < 4.78 is 19.4. The number of rotatable bonds is 6. The van der Waals surface area contributed by atoms with Crippen LogP contribution in [0.2, 0.25) is 0 Å². The predicted molar refractivity (Wildman–Crippen MR) is 120 cm³/mol. The number of guanidine groups is 1. The molecule has 2 saturated heterocycles. The van der Waals surface area contributed by atoms with Crippen LogP contribution in [-0.2, 0) is 4.74 Å². The van der Waals surface area contributed by atoms with E-state index in [9.17, 15) is 4.39 Å². The van der Waals surface area contributed by atoms with Gasteiger partial charge in [0.15, 0.2) is 5.96 Å². The highest BCUT2D eigenvalue weighted by Gasteiger charge is 2.28. The van der Waals surface area contributed by atoms with E-state index in [2.05, 4.69) is 40.9 Å². The SMILES string of the molecule is CCNC(=NCCCN1CCCN(C)CC1)N1CC(C)OC(c2ccc(F)cc2)C1. The van der Waals surface area contributed by atoms with E-state index in [0.717, 1.165) is 63.8 Å². The van der Waals surface area contributed by atoms with Gasteiger partial charge in [0.1, 0.15) is 11.9 Å². The van der Waals surface area contributed by atoms with Gasteiger partial charge in [0.25, 0.3) is 0 Å². The molecule has 0 radical (unpaired) electrons. The number of morpholine rings is 1. The molecule has 6 nitrogen and oxygen atoms in total. The Morgan fingerprint density at radius 2 is 1.97 bits per heavy atom. The zero-order valence-electron chi connectivity index (χ0n) is 18.8. The number of likely N-dealkylation sites (N-methyl/N-ethyl adjacent to an activating group) is 1. The molecule has 1 N–H and O–H groups in total. The summed E-state index contributed by atoms with van der Waals surface area (Å²) in [6.07, 6.45) is 2.33. The van der Waals surface area contributed by atoms with Crippen LogP contribution in [0.25, 0.3) is 0 Å². The average molecular weight is 420 g/mol. The molecule has 1 aromatic rings. The van der Waals surface area contributed by atoms with Gasteiger partial charge in [-0.2, -0.15) is 0 Å². The van der Waals surface area contributed by atoms with E-state index in [1.165, 1.54) is 31.6 Å². The number of ether oxygens (including phenoxy) is 1. The molecule has 0 spiro atoms. The maximum atomic E-state index is 13.3. The second kappa shape index (κ2) is 11.6. The summed E-state index contributed by atoms with van der Waals surface area (Å²) in [5.74, 6) is 0.737. The van der Waals surface area contributed by atoms with Crippen molar-refractivity contribution in [3.8, 4) is 0 Å². The molecule has 2 aliphatic rings. The first kappa shape index (κ1) is 23.0. The lowest BCUT2D eigenvalue weighted by Crippen LogP contribution is -2.50. The summed E-state index contributed by atoms with van der Waals surface area (Å²) in [6.45, 7) is 13.2. The van der Waals surface area contributed by atoms with Crippen molar-refractivity contribution in [1.82, 2.24) is 20.0 Å². The topological polar surface area (TPSA) is 43.3 Å². The van der Waals surface area contributed by atoms with Crippen LogP contribution < -0.4 is 5.32 Å². The molecule has 1 aromatic carbocycles. The Bertz CT molecular complexity index is 668. The highest BCUT2D eigenvalue weighted by molar-refractivity contribution is 5.80. The van der Waals surface area contributed by atoms with Crippen LogP contribution >= 0.6 is 0 Å². The fourth-order valence-electron chi connectivity index (χ4n) is 4.21. The molecule has 7 heteroatoms. The standard InChI is InChI=1S/C23H38FN5O/c1-4-25-23(26-11-5-13-28-14-6-12-27(3)15-16-28)29-17-19(2)30-22(18-29)20-7-9-21(24)10-8-20/h7-10,19,22H,4-6,11-18H2,1-3H3,(H,25,26). The van der Waals surface area contributed by atoms with E-state index in [1.54, 1.807) is 0 Å². The van der Waals surface area contributed by atoms with Crippen molar-refractivity contribution in [2.24, 2.45) is 4.99 Å². The van der Waals surface area contributed by atoms with Gasteiger partial charge in [0, 0.05) is 32.7 Å². The smallest absolute Gasteiger partial charge is 0.194 e. The molecule has 2 fully saturated rings. The van der Waals surface area contributed by atoms with E-state index in [1.807, 2.05) is 12.1 Å². The number of nitrogens with one attached hydrogen (secondary N) is 1. The largest absolute Gasteiger partial charge is 0.367 e. The molecule has 2 unspecified atom stereocenters. The third kappa shape index (κ3) is 6.93. The van der Waals surface area contributed by atoms with Gasteiger partial charge in [-0.1, -0.05) is 12.1 Å². The zero-order valence-corrected chi connectivity index (χ0v) is 18.8. The molecular weight excluding hydrogens is 381 g/mol. The van der Waals surface area contributed by atoms with E-state index in [-0.39, 0.29) is 18.0 Å². The van der Waals surface area contributed by atoms with Crippen LogP contribution in [0, 0.1) is 5.82 Å². The van der Waals surface area contributed by atoms with Gasteiger partial charge >= 0.3 is 0 Å². The van der Waals surface area contributed by atoms with Gasteiger partial charge in [-0.05, 0) is 71.1 Å². The summed E-state index contributed by atoms with van der Waals surface area (Å²) in [4.78, 5) is 12.2. The highest BCUT2D eigenvalue weighted by atomic mass is 19.1. The summed E-state index contributed by atoms with van der Waals surface area (Å²) in [6, 6.07) is 6.64. The highest BCUT2D eigenvalue weighted by Crippen LogP contribution is 2.25. The quantitative estimate of drug-likeness (QED) is 0.436. The Morgan fingerprint density at radius 1 is 1.17 bits per heavy atom. The Morgan fingerprint density at radius 3 is 2.73 bits per heavy atom. The molecular formula is C23H38FN5O. The number of aliphatic imine (C=N–C) groups is 1. The first-order valence-corrected chi connectivity index (χ1v) is 11.4. The monoisotopic (exact) mass is 419 g/mol.